The van der Waals surface area contributed by atoms with Crippen molar-refractivity contribution in [3.05, 3.63) is 29.3 Å². The van der Waals surface area contributed by atoms with Crippen LogP contribution < -0.4 is 16.4 Å². The molecule has 1 fully saturated rings. The smallest absolute Gasteiger partial charge is 0.255 e. The van der Waals surface area contributed by atoms with Crippen molar-refractivity contribution in [3.8, 4) is 0 Å². The number of benzene rings is 1. The first-order chi connectivity index (χ1) is 17.5. The van der Waals surface area contributed by atoms with Crippen molar-refractivity contribution in [3.63, 3.8) is 0 Å². The number of rotatable bonds is 16. The van der Waals surface area contributed by atoms with E-state index in [0.29, 0.717) is 70.5 Å². The lowest BCUT2D eigenvalue weighted by Crippen LogP contribution is -2.52. The number of carbonyl (C=O) groups is 4. The first-order valence-corrected chi connectivity index (χ1v) is 12.1. The Hall–Kier alpha value is -2.90. The van der Waals surface area contributed by atoms with Crippen molar-refractivity contribution in [2.45, 2.75) is 31.8 Å². The molecule has 0 bridgehead atoms. The maximum Gasteiger partial charge on any atom is 0.255 e. The molecule has 4 N–H and O–H groups in total. The van der Waals surface area contributed by atoms with Crippen molar-refractivity contribution >= 4 is 29.3 Å². The fourth-order valence-electron chi connectivity index (χ4n) is 3.89. The van der Waals surface area contributed by atoms with E-state index in [4.69, 9.17) is 24.7 Å². The third kappa shape index (κ3) is 8.35. The van der Waals surface area contributed by atoms with Crippen LogP contribution in [0.1, 0.15) is 35.2 Å². The van der Waals surface area contributed by atoms with Crippen molar-refractivity contribution < 1.29 is 38.1 Å². The van der Waals surface area contributed by atoms with Gasteiger partial charge in [-0.1, -0.05) is 0 Å². The van der Waals surface area contributed by atoms with E-state index in [2.05, 4.69) is 10.6 Å². The van der Waals surface area contributed by atoms with Crippen LogP contribution in [-0.2, 0) is 39.9 Å². The van der Waals surface area contributed by atoms with Crippen molar-refractivity contribution in [1.29, 1.82) is 0 Å². The lowest BCUT2D eigenvalue weighted by atomic mass is 10.0. The van der Waals surface area contributed by atoms with Crippen LogP contribution in [0.25, 0.3) is 0 Å². The summed E-state index contributed by atoms with van der Waals surface area (Å²) in [6, 6.07) is 4.36. The van der Waals surface area contributed by atoms with Crippen LogP contribution >= 0.6 is 0 Å². The van der Waals surface area contributed by atoms with Gasteiger partial charge in [-0.15, -0.1) is 0 Å². The number of fused-ring (bicyclic) bond motifs is 1. The predicted octanol–water partition coefficient (Wildman–Crippen LogP) is -0.199. The zero-order chi connectivity index (χ0) is 25.8. The van der Waals surface area contributed by atoms with E-state index in [1.165, 1.54) is 4.90 Å². The molecule has 0 radical (unpaired) electrons. The number of carbonyl (C=O) groups excluding carboxylic acids is 4. The minimum absolute atomic E-state index is 0.171. The van der Waals surface area contributed by atoms with E-state index >= 15 is 0 Å². The normalized spacial score (nSPS) is 17.3. The number of anilines is 1. The lowest BCUT2D eigenvalue weighted by molar-refractivity contribution is -0.137. The SMILES string of the molecule is NCCOCCOCCOCCOCCC(=O)Nc1ccc2c(c1)CN(C1CCC(=O)NC1=O)C2=O. The zero-order valence-corrected chi connectivity index (χ0v) is 20.3. The van der Waals surface area contributed by atoms with Crippen LogP contribution in [0.3, 0.4) is 0 Å². The first kappa shape index (κ1) is 27.7. The average molecular weight is 507 g/mol. The Morgan fingerprint density at radius 2 is 1.61 bits per heavy atom. The summed E-state index contributed by atoms with van der Waals surface area (Å²) < 4.78 is 21.4. The molecule has 1 unspecified atom stereocenters. The van der Waals surface area contributed by atoms with Crippen LogP contribution in [0, 0.1) is 0 Å². The summed E-state index contributed by atoms with van der Waals surface area (Å²) in [5, 5.41) is 5.08. The molecule has 0 aliphatic carbocycles. The molecule has 1 saturated heterocycles. The molecule has 0 saturated carbocycles. The van der Waals surface area contributed by atoms with Gasteiger partial charge in [0.25, 0.3) is 5.91 Å². The molecule has 2 heterocycles. The van der Waals surface area contributed by atoms with E-state index in [1.807, 2.05) is 0 Å². The van der Waals surface area contributed by atoms with Crippen molar-refractivity contribution in [1.82, 2.24) is 10.2 Å². The van der Waals surface area contributed by atoms with Gasteiger partial charge in [-0.05, 0) is 30.2 Å². The second-order valence-corrected chi connectivity index (χ2v) is 8.31. The molecule has 12 nitrogen and oxygen atoms in total. The maximum atomic E-state index is 12.7. The van der Waals surface area contributed by atoms with Gasteiger partial charge in [-0.2, -0.15) is 0 Å². The van der Waals surface area contributed by atoms with Gasteiger partial charge < -0.3 is 34.9 Å². The van der Waals surface area contributed by atoms with Gasteiger partial charge >= 0.3 is 0 Å². The number of ether oxygens (including phenoxy) is 4. The maximum absolute atomic E-state index is 12.7. The quantitative estimate of drug-likeness (QED) is 0.204. The summed E-state index contributed by atoms with van der Waals surface area (Å²) in [6.45, 7) is 4.19. The molecule has 3 rings (SSSR count). The standard InChI is InChI=1S/C24H34N4O8/c25-6-8-34-10-12-36-14-13-35-11-9-33-7-5-22(30)26-18-1-2-19-17(15-18)16-28(24(19)32)20-3-4-21(29)27-23(20)31/h1-2,15,20H,3-14,16,25H2,(H,26,30)(H,27,29,31). The molecule has 1 atom stereocenters. The predicted molar refractivity (Wildman–Crippen MR) is 128 cm³/mol. The number of piperidine rings is 1. The number of amides is 4. The minimum atomic E-state index is -0.671. The van der Waals surface area contributed by atoms with Gasteiger partial charge in [0.1, 0.15) is 6.04 Å². The second kappa shape index (κ2) is 14.6. The number of hydrogen-bond donors (Lipinski definition) is 3. The topological polar surface area (TPSA) is 159 Å². The molecule has 12 heteroatoms. The van der Waals surface area contributed by atoms with E-state index in [9.17, 15) is 19.2 Å². The highest BCUT2D eigenvalue weighted by Gasteiger charge is 2.39. The molecular formula is C24H34N4O8. The van der Waals surface area contributed by atoms with E-state index in [1.54, 1.807) is 18.2 Å². The minimum Gasteiger partial charge on any atom is -0.379 e. The van der Waals surface area contributed by atoms with Gasteiger partial charge in [-0.3, -0.25) is 24.5 Å². The average Bonchev–Trinajstić information content (AvgIpc) is 3.17. The van der Waals surface area contributed by atoms with Crippen LogP contribution in [0.5, 0.6) is 0 Å². The summed E-state index contributed by atoms with van der Waals surface area (Å²) >= 11 is 0. The van der Waals surface area contributed by atoms with Crippen LogP contribution in [0.4, 0.5) is 5.69 Å². The molecule has 0 spiro atoms. The van der Waals surface area contributed by atoms with Crippen LogP contribution in [0.15, 0.2) is 18.2 Å². The van der Waals surface area contributed by atoms with Gasteiger partial charge in [0.2, 0.25) is 17.7 Å². The summed E-state index contributed by atoms with van der Waals surface area (Å²) in [7, 11) is 0. The largest absolute Gasteiger partial charge is 0.379 e. The second-order valence-electron chi connectivity index (χ2n) is 8.31. The molecule has 2 aliphatic heterocycles. The summed E-state index contributed by atoms with van der Waals surface area (Å²) in [4.78, 5) is 50.0. The molecule has 1 aromatic rings. The Morgan fingerprint density at radius 3 is 2.25 bits per heavy atom. The molecule has 2 aliphatic rings. The van der Waals surface area contributed by atoms with Crippen LogP contribution in [0.2, 0.25) is 0 Å². The molecule has 0 aromatic heterocycles. The molecular weight excluding hydrogens is 472 g/mol. The monoisotopic (exact) mass is 506 g/mol. The van der Waals surface area contributed by atoms with Crippen molar-refractivity contribution in [2.75, 3.05) is 64.7 Å². The van der Waals surface area contributed by atoms with Gasteiger partial charge in [-0.25, -0.2) is 0 Å². The Kier molecular flexibility index (Phi) is 11.2. The molecule has 36 heavy (non-hydrogen) atoms. The number of nitrogens with one attached hydrogen (secondary N) is 2. The van der Waals surface area contributed by atoms with Crippen LogP contribution in [-0.4, -0.2) is 94.0 Å². The fourth-order valence-corrected chi connectivity index (χ4v) is 3.89. The lowest BCUT2D eigenvalue weighted by Gasteiger charge is -2.29. The Morgan fingerprint density at radius 1 is 0.972 bits per heavy atom. The fraction of sp³-hybridized carbons (Fsp3) is 0.583. The highest BCUT2D eigenvalue weighted by Crippen LogP contribution is 2.29. The first-order valence-electron chi connectivity index (χ1n) is 12.1. The van der Waals surface area contributed by atoms with Gasteiger partial charge in [0.15, 0.2) is 0 Å². The highest BCUT2D eigenvalue weighted by atomic mass is 16.6. The Labute approximate surface area is 209 Å². The van der Waals surface area contributed by atoms with E-state index in [-0.39, 0.29) is 43.7 Å². The highest BCUT2D eigenvalue weighted by molar-refractivity contribution is 6.05. The number of hydrogen-bond acceptors (Lipinski definition) is 9. The third-order valence-corrected chi connectivity index (χ3v) is 5.66. The van der Waals surface area contributed by atoms with Gasteiger partial charge in [0.05, 0.1) is 59.3 Å². The Bertz CT molecular complexity index is 925. The molecule has 198 valence electrons. The van der Waals surface area contributed by atoms with E-state index in [0.717, 1.165) is 5.56 Å². The Balaban J connectivity index is 1.29. The van der Waals surface area contributed by atoms with E-state index < -0.39 is 11.9 Å². The summed E-state index contributed by atoms with van der Waals surface area (Å²) in [5.41, 5.74) is 7.10. The van der Waals surface area contributed by atoms with Gasteiger partial charge in [0, 0.05) is 30.8 Å². The number of nitrogens with zero attached hydrogens (tertiary/aromatic N) is 1. The number of nitrogens with two attached hydrogens (primary N) is 1. The third-order valence-electron chi connectivity index (χ3n) is 5.66. The van der Waals surface area contributed by atoms with Crippen molar-refractivity contribution in [2.24, 2.45) is 5.73 Å². The summed E-state index contributed by atoms with van der Waals surface area (Å²) in [5.74, 6) is -1.25. The summed E-state index contributed by atoms with van der Waals surface area (Å²) in [6.07, 6.45) is 0.675. The number of imide groups is 1. The molecule has 1 aromatic carbocycles. The molecule has 4 amide bonds. The zero-order valence-electron chi connectivity index (χ0n) is 20.3.